The summed E-state index contributed by atoms with van der Waals surface area (Å²) in [5, 5.41) is 8.89. The number of carbonyl (C=O) groups is 1. The standard InChI is InChI=1S/C12H21NO2/c14-8-6-10-5-7-13(9-10)11-1-3-12(15)4-2-11/h10-11,14H,1-9H2. The van der Waals surface area contributed by atoms with Crippen LogP contribution in [0.2, 0.25) is 0 Å². The largest absolute Gasteiger partial charge is 0.396 e. The first kappa shape index (κ1) is 11.1. The first-order chi connectivity index (χ1) is 7.29. The summed E-state index contributed by atoms with van der Waals surface area (Å²) < 4.78 is 0. The maximum Gasteiger partial charge on any atom is 0.133 e. The van der Waals surface area contributed by atoms with Crippen molar-refractivity contribution in [3.63, 3.8) is 0 Å². The van der Waals surface area contributed by atoms with Crippen molar-refractivity contribution in [1.82, 2.24) is 4.90 Å². The molecule has 86 valence electrons. The van der Waals surface area contributed by atoms with Crippen LogP contribution in [0, 0.1) is 5.92 Å². The predicted molar refractivity (Wildman–Crippen MR) is 58.6 cm³/mol. The van der Waals surface area contributed by atoms with Crippen LogP contribution in [-0.2, 0) is 4.79 Å². The molecule has 0 radical (unpaired) electrons. The van der Waals surface area contributed by atoms with Gasteiger partial charge in [0.1, 0.15) is 5.78 Å². The quantitative estimate of drug-likeness (QED) is 0.762. The third kappa shape index (κ3) is 2.79. The molecule has 1 N–H and O–H groups in total. The zero-order valence-electron chi connectivity index (χ0n) is 9.32. The van der Waals surface area contributed by atoms with Crippen molar-refractivity contribution in [1.29, 1.82) is 0 Å². The summed E-state index contributed by atoms with van der Waals surface area (Å²) in [5.74, 6) is 1.13. The van der Waals surface area contributed by atoms with E-state index < -0.39 is 0 Å². The van der Waals surface area contributed by atoms with Crippen LogP contribution in [0.5, 0.6) is 0 Å². The SMILES string of the molecule is O=C1CCC(N2CCC(CCO)C2)CC1. The fraction of sp³-hybridized carbons (Fsp3) is 0.917. The summed E-state index contributed by atoms with van der Waals surface area (Å²) in [6.45, 7) is 2.63. The molecule has 0 aromatic rings. The van der Waals surface area contributed by atoms with E-state index in [1.807, 2.05) is 0 Å². The van der Waals surface area contributed by atoms with Crippen molar-refractivity contribution in [3.05, 3.63) is 0 Å². The Balaban J connectivity index is 1.78. The van der Waals surface area contributed by atoms with Gasteiger partial charge in [-0.15, -0.1) is 0 Å². The van der Waals surface area contributed by atoms with E-state index in [1.165, 1.54) is 13.0 Å². The second-order valence-corrected chi connectivity index (χ2v) is 4.93. The Morgan fingerprint density at radius 2 is 2.00 bits per heavy atom. The minimum Gasteiger partial charge on any atom is -0.396 e. The number of Topliss-reactive ketones (excluding diaryl/α,β-unsaturated/α-hetero) is 1. The van der Waals surface area contributed by atoms with Crippen LogP contribution < -0.4 is 0 Å². The lowest BCUT2D eigenvalue weighted by molar-refractivity contribution is -0.121. The van der Waals surface area contributed by atoms with Crippen molar-refractivity contribution < 1.29 is 9.90 Å². The van der Waals surface area contributed by atoms with Crippen molar-refractivity contribution in [2.24, 2.45) is 5.92 Å². The van der Waals surface area contributed by atoms with Gasteiger partial charge in [0.2, 0.25) is 0 Å². The number of ketones is 1. The average Bonchev–Trinajstić information content (AvgIpc) is 2.68. The predicted octanol–water partition coefficient (Wildman–Crippen LogP) is 1.20. The summed E-state index contributed by atoms with van der Waals surface area (Å²) in [4.78, 5) is 13.7. The molecule has 15 heavy (non-hydrogen) atoms. The molecule has 0 amide bonds. The molecule has 1 heterocycles. The number of aliphatic hydroxyl groups excluding tert-OH is 1. The molecule has 1 aliphatic heterocycles. The van der Waals surface area contributed by atoms with Gasteiger partial charge in [0.25, 0.3) is 0 Å². The molecule has 0 aromatic heterocycles. The molecule has 2 rings (SSSR count). The highest BCUT2D eigenvalue weighted by molar-refractivity contribution is 5.79. The molecule has 0 aromatic carbocycles. The Hall–Kier alpha value is -0.410. The number of carbonyl (C=O) groups excluding carboxylic acids is 1. The van der Waals surface area contributed by atoms with Gasteiger partial charge in [0, 0.05) is 32.0 Å². The van der Waals surface area contributed by atoms with Gasteiger partial charge in [-0.3, -0.25) is 4.79 Å². The minimum atomic E-state index is 0.321. The summed E-state index contributed by atoms with van der Waals surface area (Å²) >= 11 is 0. The molecule has 1 saturated heterocycles. The summed E-state index contributed by atoms with van der Waals surface area (Å²) in [7, 11) is 0. The topological polar surface area (TPSA) is 40.5 Å². The van der Waals surface area contributed by atoms with Gasteiger partial charge in [-0.1, -0.05) is 0 Å². The minimum absolute atomic E-state index is 0.321. The number of likely N-dealkylation sites (tertiary alicyclic amines) is 1. The van der Waals surface area contributed by atoms with Crippen LogP contribution >= 0.6 is 0 Å². The van der Waals surface area contributed by atoms with Gasteiger partial charge in [-0.05, 0) is 38.1 Å². The number of nitrogens with zero attached hydrogens (tertiary/aromatic N) is 1. The van der Waals surface area contributed by atoms with Crippen LogP contribution in [0.3, 0.4) is 0 Å². The number of rotatable bonds is 3. The first-order valence-corrected chi connectivity index (χ1v) is 6.16. The highest BCUT2D eigenvalue weighted by Crippen LogP contribution is 2.27. The van der Waals surface area contributed by atoms with Gasteiger partial charge in [-0.25, -0.2) is 0 Å². The molecule has 1 aliphatic carbocycles. The van der Waals surface area contributed by atoms with Crippen molar-refractivity contribution in [3.8, 4) is 0 Å². The van der Waals surface area contributed by atoms with Crippen LogP contribution in [0.1, 0.15) is 38.5 Å². The lowest BCUT2D eigenvalue weighted by atomic mass is 9.93. The highest BCUT2D eigenvalue weighted by Gasteiger charge is 2.30. The summed E-state index contributed by atoms with van der Waals surface area (Å²) in [5.41, 5.74) is 0. The molecular formula is C12H21NO2. The molecule has 1 saturated carbocycles. The average molecular weight is 211 g/mol. The third-order valence-corrected chi connectivity index (χ3v) is 3.88. The summed E-state index contributed by atoms with van der Waals surface area (Å²) in [6.07, 6.45) is 5.86. The first-order valence-electron chi connectivity index (χ1n) is 6.16. The molecule has 2 fully saturated rings. The van der Waals surface area contributed by atoms with Crippen LogP contribution in [0.15, 0.2) is 0 Å². The fourth-order valence-electron chi connectivity index (χ4n) is 2.90. The molecule has 1 atom stereocenters. The van der Waals surface area contributed by atoms with Crippen molar-refractivity contribution in [2.45, 2.75) is 44.6 Å². The maximum atomic E-state index is 11.1. The smallest absolute Gasteiger partial charge is 0.133 e. The van der Waals surface area contributed by atoms with E-state index in [9.17, 15) is 4.79 Å². The van der Waals surface area contributed by atoms with E-state index in [-0.39, 0.29) is 0 Å². The number of hydrogen-bond acceptors (Lipinski definition) is 3. The van der Waals surface area contributed by atoms with Crippen molar-refractivity contribution in [2.75, 3.05) is 19.7 Å². The van der Waals surface area contributed by atoms with Crippen LogP contribution in [0.25, 0.3) is 0 Å². The van der Waals surface area contributed by atoms with Crippen molar-refractivity contribution >= 4 is 5.78 Å². The monoisotopic (exact) mass is 211 g/mol. The zero-order chi connectivity index (χ0) is 10.7. The normalized spacial score (nSPS) is 29.9. The molecule has 0 spiro atoms. The highest BCUT2D eigenvalue weighted by atomic mass is 16.3. The molecule has 0 bridgehead atoms. The third-order valence-electron chi connectivity index (χ3n) is 3.88. The van der Waals surface area contributed by atoms with Gasteiger partial charge in [0.05, 0.1) is 0 Å². The fourth-order valence-corrected chi connectivity index (χ4v) is 2.90. The molecule has 2 aliphatic rings. The van der Waals surface area contributed by atoms with E-state index >= 15 is 0 Å². The second-order valence-electron chi connectivity index (χ2n) is 4.93. The van der Waals surface area contributed by atoms with Gasteiger partial charge < -0.3 is 10.0 Å². The molecule has 3 heteroatoms. The molecular weight excluding hydrogens is 190 g/mol. The van der Waals surface area contributed by atoms with Gasteiger partial charge in [0.15, 0.2) is 0 Å². The summed E-state index contributed by atoms with van der Waals surface area (Å²) in [6, 6.07) is 0.645. The Kier molecular flexibility index (Phi) is 3.76. The Bertz CT molecular complexity index is 220. The number of hydrogen-bond donors (Lipinski definition) is 1. The van der Waals surface area contributed by atoms with E-state index in [0.29, 0.717) is 24.3 Å². The van der Waals surface area contributed by atoms with E-state index in [4.69, 9.17) is 5.11 Å². The second kappa shape index (κ2) is 5.08. The Morgan fingerprint density at radius 3 is 2.67 bits per heavy atom. The van der Waals surface area contributed by atoms with Crippen LogP contribution in [0.4, 0.5) is 0 Å². The maximum absolute atomic E-state index is 11.1. The lowest BCUT2D eigenvalue weighted by Gasteiger charge is -2.30. The van der Waals surface area contributed by atoms with Crippen LogP contribution in [-0.4, -0.2) is 41.5 Å². The van der Waals surface area contributed by atoms with E-state index in [0.717, 1.165) is 38.6 Å². The molecule has 1 unspecified atom stereocenters. The van der Waals surface area contributed by atoms with E-state index in [2.05, 4.69) is 4.90 Å². The van der Waals surface area contributed by atoms with Gasteiger partial charge >= 0.3 is 0 Å². The Morgan fingerprint density at radius 1 is 1.27 bits per heavy atom. The molecule has 3 nitrogen and oxygen atoms in total. The van der Waals surface area contributed by atoms with E-state index in [1.54, 1.807) is 0 Å². The Labute approximate surface area is 91.5 Å². The zero-order valence-corrected chi connectivity index (χ0v) is 9.32. The number of aliphatic hydroxyl groups is 1. The van der Waals surface area contributed by atoms with Gasteiger partial charge in [-0.2, -0.15) is 0 Å². The lowest BCUT2D eigenvalue weighted by Crippen LogP contribution is -2.36.